The minimum atomic E-state index is -2.71. The fraction of sp³-hybridized carbons (Fsp3) is 0.438. The molecule has 0 saturated carbocycles. The summed E-state index contributed by atoms with van der Waals surface area (Å²) in [5, 5.41) is 4.62. The zero-order valence-corrected chi connectivity index (χ0v) is 14.0. The third kappa shape index (κ3) is 5.20. The lowest BCUT2D eigenvalue weighted by atomic mass is 10.1. The molecule has 142 valence electrons. The van der Waals surface area contributed by atoms with Gasteiger partial charge in [0.25, 0.3) is 18.2 Å². The van der Waals surface area contributed by atoms with E-state index in [1.54, 1.807) is 6.07 Å². The van der Waals surface area contributed by atoms with Crippen LogP contribution >= 0.6 is 0 Å². The van der Waals surface area contributed by atoms with Crippen molar-refractivity contribution < 1.29 is 27.9 Å². The fourth-order valence-electron chi connectivity index (χ4n) is 2.40. The molecule has 0 bridgehead atoms. The number of nitrogens with zero attached hydrogens (tertiary/aromatic N) is 1. The van der Waals surface area contributed by atoms with Crippen molar-refractivity contribution in [1.82, 2.24) is 5.32 Å². The van der Waals surface area contributed by atoms with E-state index in [-0.39, 0.29) is 36.7 Å². The van der Waals surface area contributed by atoms with E-state index in [1.165, 1.54) is 17.0 Å². The van der Waals surface area contributed by atoms with E-state index in [0.717, 1.165) is 0 Å². The van der Waals surface area contributed by atoms with Crippen LogP contribution in [0, 0.1) is 0 Å². The SMILES string of the molecule is NCCC(=O)Nc1ccc(N2CCOCC2=O)cc1C(=O)NCC(F)F. The number of halogens is 2. The third-order valence-corrected chi connectivity index (χ3v) is 3.61. The number of amides is 3. The Labute approximate surface area is 148 Å². The molecule has 26 heavy (non-hydrogen) atoms. The second-order valence-electron chi connectivity index (χ2n) is 5.52. The molecule has 1 heterocycles. The number of benzene rings is 1. The number of nitrogens with one attached hydrogen (secondary N) is 2. The first-order valence-electron chi connectivity index (χ1n) is 8.00. The summed E-state index contributed by atoms with van der Waals surface area (Å²) in [5.41, 5.74) is 5.87. The van der Waals surface area contributed by atoms with Crippen molar-refractivity contribution in [1.29, 1.82) is 0 Å². The van der Waals surface area contributed by atoms with E-state index in [0.29, 0.717) is 18.8 Å². The lowest BCUT2D eigenvalue weighted by molar-refractivity contribution is -0.125. The van der Waals surface area contributed by atoms with Crippen LogP contribution in [0.15, 0.2) is 18.2 Å². The number of anilines is 2. The molecule has 1 aliphatic rings. The lowest BCUT2D eigenvalue weighted by Gasteiger charge is -2.27. The van der Waals surface area contributed by atoms with Crippen LogP contribution in [-0.2, 0) is 14.3 Å². The van der Waals surface area contributed by atoms with Crippen LogP contribution in [0.25, 0.3) is 0 Å². The minimum absolute atomic E-state index is 0.0205. The maximum Gasteiger partial charge on any atom is 0.255 e. The predicted octanol–water partition coefficient (Wildman–Crippen LogP) is 0.332. The van der Waals surface area contributed by atoms with E-state index in [9.17, 15) is 23.2 Å². The van der Waals surface area contributed by atoms with Crippen LogP contribution in [0.4, 0.5) is 20.2 Å². The Balaban J connectivity index is 2.30. The summed E-state index contributed by atoms with van der Waals surface area (Å²) in [6, 6.07) is 4.39. The minimum Gasteiger partial charge on any atom is -0.370 e. The van der Waals surface area contributed by atoms with Gasteiger partial charge in [0.1, 0.15) is 6.61 Å². The van der Waals surface area contributed by atoms with Gasteiger partial charge < -0.3 is 26.0 Å². The van der Waals surface area contributed by atoms with E-state index in [4.69, 9.17) is 10.5 Å². The second kappa shape index (κ2) is 9.20. The van der Waals surface area contributed by atoms with Crippen molar-refractivity contribution in [3.63, 3.8) is 0 Å². The summed E-state index contributed by atoms with van der Waals surface area (Å²) in [4.78, 5) is 37.4. The number of rotatable bonds is 7. The van der Waals surface area contributed by atoms with Gasteiger partial charge in [0.15, 0.2) is 0 Å². The summed E-state index contributed by atoms with van der Waals surface area (Å²) in [6.07, 6.45) is -2.67. The molecule has 1 aromatic rings. The average molecular weight is 370 g/mol. The average Bonchev–Trinajstić information content (AvgIpc) is 2.60. The van der Waals surface area contributed by atoms with Crippen LogP contribution in [0.1, 0.15) is 16.8 Å². The van der Waals surface area contributed by atoms with Gasteiger partial charge in [-0.3, -0.25) is 14.4 Å². The molecule has 2 rings (SSSR count). The Hall–Kier alpha value is -2.59. The van der Waals surface area contributed by atoms with Gasteiger partial charge in [-0.05, 0) is 18.2 Å². The number of carbonyl (C=O) groups excluding carboxylic acids is 3. The molecule has 0 unspecified atom stereocenters. The van der Waals surface area contributed by atoms with E-state index < -0.39 is 24.8 Å². The Morgan fingerprint density at radius 2 is 2.12 bits per heavy atom. The molecule has 3 amide bonds. The Morgan fingerprint density at radius 3 is 2.77 bits per heavy atom. The number of carbonyl (C=O) groups is 3. The first-order chi connectivity index (χ1) is 12.4. The third-order valence-electron chi connectivity index (χ3n) is 3.61. The highest BCUT2D eigenvalue weighted by Gasteiger charge is 2.23. The molecule has 0 atom stereocenters. The number of hydrogen-bond donors (Lipinski definition) is 3. The Kier molecular flexibility index (Phi) is 6.98. The topological polar surface area (TPSA) is 114 Å². The zero-order chi connectivity index (χ0) is 19.1. The smallest absolute Gasteiger partial charge is 0.255 e. The predicted molar refractivity (Wildman–Crippen MR) is 90.3 cm³/mol. The number of nitrogens with two attached hydrogens (primary N) is 1. The van der Waals surface area contributed by atoms with E-state index >= 15 is 0 Å². The van der Waals surface area contributed by atoms with Crippen molar-refractivity contribution in [2.75, 3.05) is 43.1 Å². The first-order valence-corrected chi connectivity index (χ1v) is 8.00. The molecule has 1 aromatic carbocycles. The van der Waals surface area contributed by atoms with Gasteiger partial charge in [-0.15, -0.1) is 0 Å². The van der Waals surface area contributed by atoms with Crippen LogP contribution in [0.2, 0.25) is 0 Å². The molecule has 0 aromatic heterocycles. The molecule has 0 aliphatic carbocycles. The molecule has 4 N–H and O–H groups in total. The molecule has 0 spiro atoms. The molecular formula is C16H20F2N4O4. The second-order valence-corrected chi connectivity index (χ2v) is 5.52. The molecule has 1 aliphatic heterocycles. The summed E-state index contributed by atoms with van der Waals surface area (Å²) in [5.74, 6) is -1.48. The van der Waals surface area contributed by atoms with Crippen molar-refractivity contribution in [2.45, 2.75) is 12.8 Å². The summed E-state index contributed by atoms with van der Waals surface area (Å²) < 4.78 is 29.8. The molecule has 1 fully saturated rings. The van der Waals surface area contributed by atoms with Gasteiger partial charge in [0.05, 0.1) is 24.4 Å². The maximum atomic E-state index is 12.4. The zero-order valence-electron chi connectivity index (χ0n) is 14.0. The number of alkyl halides is 2. The van der Waals surface area contributed by atoms with Crippen LogP contribution in [-0.4, -0.2) is 57.0 Å². The highest BCUT2D eigenvalue weighted by atomic mass is 19.3. The van der Waals surface area contributed by atoms with Crippen molar-refractivity contribution in [2.24, 2.45) is 5.73 Å². The summed E-state index contributed by atoms with van der Waals surface area (Å²) in [6.45, 7) is -0.139. The van der Waals surface area contributed by atoms with Crippen LogP contribution < -0.4 is 21.3 Å². The normalized spacial score (nSPS) is 14.5. The van der Waals surface area contributed by atoms with Crippen molar-refractivity contribution in [3.8, 4) is 0 Å². The summed E-state index contributed by atoms with van der Waals surface area (Å²) in [7, 11) is 0. The number of ether oxygens (including phenoxy) is 1. The van der Waals surface area contributed by atoms with Crippen LogP contribution in [0.3, 0.4) is 0 Å². The largest absolute Gasteiger partial charge is 0.370 e. The molecule has 8 nitrogen and oxygen atoms in total. The molecule has 0 radical (unpaired) electrons. The van der Waals surface area contributed by atoms with Crippen molar-refractivity contribution in [3.05, 3.63) is 23.8 Å². The standard InChI is InChI=1S/C16H20F2N4O4/c17-13(18)8-20-16(25)11-7-10(22-5-6-26-9-15(22)24)1-2-12(11)21-14(23)3-4-19/h1-2,7,13H,3-6,8-9,19H2,(H,20,25)(H,21,23). The van der Waals surface area contributed by atoms with Crippen LogP contribution in [0.5, 0.6) is 0 Å². The number of morpholine rings is 1. The molecule has 1 saturated heterocycles. The Bertz CT molecular complexity index is 684. The van der Waals surface area contributed by atoms with E-state index in [2.05, 4.69) is 10.6 Å². The summed E-state index contributed by atoms with van der Waals surface area (Å²) >= 11 is 0. The number of hydrogen-bond acceptors (Lipinski definition) is 5. The highest BCUT2D eigenvalue weighted by molar-refractivity contribution is 6.05. The van der Waals surface area contributed by atoms with Crippen molar-refractivity contribution >= 4 is 29.1 Å². The first kappa shape index (κ1) is 19.7. The van der Waals surface area contributed by atoms with Gasteiger partial charge in [0.2, 0.25) is 5.91 Å². The van der Waals surface area contributed by atoms with Gasteiger partial charge in [-0.1, -0.05) is 0 Å². The lowest BCUT2D eigenvalue weighted by Crippen LogP contribution is -2.41. The quantitative estimate of drug-likeness (QED) is 0.640. The maximum absolute atomic E-state index is 12.4. The molecule has 10 heteroatoms. The fourth-order valence-corrected chi connectivity index (χ4v) is 2.40. The van der Waals surface area contributed by atoms with Gasteiger partial charge in [0, 0.05) is 25.2 Å². The van der Waals surface area contributed by atoms with Gasteiger partial charge >= 0.3 is 0 Å². The highest BCUT2D eigenvalue weighted by Crippen LogP contribution is 2.25. The van der Waals surface area contributed by atoms with Gasteiger partial charge in [-0.25, -0.2) is 8.78 Å². The molecular weight excluding hydrogens is 350 g/mol. The van der Waals surface area contributed by atoms with E-state index in [1.807, 2.05) is 0 Å². The Morgan fingerprint density at radius 1 is 1.35 bits per heavy atom. The monoisotopic (exact) mass is 370 g/mol. The van der Waals surface area contributed by atoms with Gasteiger partial charge in [-0.2, -0.15) is 0 Å².